The molecule has 0 saturated heterocycles. The van der Waals surface area contributed by atoms with Crippen LogP contribution in [0.3, 0.4) is 0 Å². The van der Waals surface area contributed by atoms with E-state index in [2.05, 4.69) is 30.2 Å². The molecule has 0 aliphatic carbocycles. The van der Waals surface area contributed by atoms with Gasteiger partial charge in [0.05, 0.1) is 0 Å². The molecule has 0 aliphatic heterocycles. The highest BCUT2D eigenvalue weighted by molar-refractivity contribution is 7.10. The Bertz CT molecular complexity index is 303. The molecule has 1 nitrogen and oxygen atoms in total. The summed E-state index contributed by atoms with van der Waals surface area (Å²) in [6.45, 7) is 2.88. The molecule has 0 amide bonds. The van der Waals surface area contributed by atoms with Crippen LogP contribution in [0.5, 0.6) is 0 Å². The van der Waals surface area contributed by atoms with Gasteiger partial charge in [-0.1, -0.05) is 11.8 Å². The van der Waals surface area contributed by atoms with E-state index in [9.17, 15) is 0 Å². The van der Waals surface area contributed by atoms with Crippen molar-refractivity contribution in [2.75, 3.05) is 6.54 Å². The highest BCUT2D eigenvalue weighted by Crippen LogP contribution is 2.13. The van der Waals surface area contributed by atoms with E-state index < -0.39 is 0 Å². The Labute approximate surface area is 84.0 Å². The summed E-state index contributed by atoms with van der Waals surface area (Å²) in [6.07, 6.45) is 3.16. The van der Waals surface area contributed by atoms with Gasteiger partial charge in [-0.3, -0.25) is 0 Å². The lowest BCUT2D eigenvalue weighted by atomic mass is 10.2. The van der Waals surface area contributed by atoms with Crippen LogP contribution in [0, 0.1) is 18.8 Å². The van der Waals surface area contributed by atoms with Crippen molar-refractivity contribution in [3.05, 3.63) is 21.9 Å². The molecule has 0 saturated carbocycles. The van der Waals surface area contributed by atoms with Gasteiger partial charge in [0.15, 0.2) is 0 Å². The Morgan fingerprint density at radius 3 is 2.92 bits per heavy atom. The van der Waals surface area contributed by atoms with E-state index in [1.54, 1.807) is 11.3 Å². The van der Waals surface area contributed by atoms with Crippen molar-refractivity contribution in [2.24, 2.45) is 5.73 Å². The number of hydrogen-bond acceptors (Lipinski definition) is 2. The lowest BCUT2D eigenvalue weighted by Crippen LogP contribution is -1.96. The molecule has 0 unspecified atom stereocenters. The standard InChI is InChI=1S/C11H15NS/c1-10-11(7-9-13-10)6-4-2-3-5-8-12/h7,9H,2-3,5,8,12H2,1H3. The van der Waals surface area contributed by atoms with Crippen molar-refractivity contribution < 1.29 is 0 Å². The predicted octanol–water partition coefficient (Wildman–Crippen LogP) is 2.54. The maximum Gasteiger partial charge on any atom is 0.0381 e. The van der Waals surface area contributed by atoms with Crippen LogP contribution < -0.4 is 5.73 Å². The average molecular weight is 193 g/mol. The maximum absolute atomic E-state index is 5.38. The molecule has 0 fully saturated rings. The first-order valence-electron chi connectivity index (χ1n) is 4.57. The van der Waals surface area contributed by atoms with Crippen LogP contribution in [0.1, 0.15) is 29.7 Å². The van der Waals surface area contributed by atoms with Gasteiger partial charge < -0.3 is 5.73 Å². The van der Waals surface area contributed by atoms with Crippen LogP contribution in [0.25, 0.3) is 0 Å². The molecule has 1 aromatic rings. The summed E-state index contributed by atoms with van der Waals surface area (Å²) in [5.41, 5.74) is 6.56. The van der Waals surface area contributed by atoms with Crippen molar-refractivity contribution in [2.45, 2.75) is 26.2 Å². The summed E-state index contributed by atoms with van der Waals surface area (Å²) in [6, 6.07) is 2.08. The molecule has 0 radical (unpaired) electrons. The lowest BCUT2D eigenvalue weighted by molar-refractivity contribution is 0.768. The summed E-state index contributed by atoms with van der Waals surface area (Å²) in [5.74, 6) is 6.34. The number of hydrogen-bond donors (Lipinski definition) is 1. The van der Waals surface area contributed by atoms with Crippen LogP contribution in [0.2, 0.25) is 0 Å². The number of aryl methyl sites for hydroxylation is 1. The van der Waals surface area contributed by atoms with Gasteiger partial charge in [0, 0.05) is 16.9 Å². The Hall–Kier alpha value is -0.780. The average Bonchev–Trinajstić information content (AvgIpc) is 2.52. The molecule has 1 heterocycles. The Morgan fingerprint density at radius 1 is 1.46 bits per heavy atom. The molecular formula is C11H15NS. The smallest absolute Gasteiger partial charge is 0.0381 e. The highest BCUT2D eigenvalue weighted by Gasteiger charge is 1.92. The summed E-state index contributed by atoms with van der Waals surface area (Å²) < 4.78 is 0. The van der Waals surface area contributed by atoms with Crippen LogP contribution >= 0.6 is 11.3 Å². The molecule has 0 spiro atoms. The summed E-state index contributed by atoms with van der Waals surface area (Å²) in [4.78, 5) is 1.31. The fourth-order valence-corrected chi connectivity index (χ4v) is 1.68. The fraction of sp³-hybridized carbons (Fsp3) is 0.455. The molecule has 1 aromatic heterocycles. The van der Waals surface area contributed by atoms with Gasteiger partial charge in [-0.15, -0.1) is 11.3 Å². The molecule has 0 bridgehead atoms. The van der Waals surface area contributed by atoms with Crippen molar-refractivity contribution in [1.29, 1.82) is 0 Å². The molecule has 2 N–H and O–H groups in total. The summed E-state index contributed by atoms with van der Waals surface area (Å²) in [5, 5.41) is 2.08. The molecule has 0 aliphatic rings. The lowest BCUT2D eigenvalue weighted by Gasteiger charge is -1.89. The van der Waals surface area contributed by atoms with E-state index >= 15 is 0 Å². The largest absolute Gasteiger partial charge is 0.330 e. The molecule has 13 heavy (non-hydrogen) atoms. The second-order valence-electron chi connectivity index (χ2n) is 2.94. The monoisotopic (exact) mass is 193 g/mol. The zero-order chi connectivity index (χ0) is 9.52. The predicted molar refractivity (Wildman–Crippen MR) is 58.8 cm³/mol. The van der Waals surface area contributed by atoms with E-state index in [1.165, 1.54) is 10.4 Å². The molecule has 2 heteroatoms. The first kappa shape index (κ1) is 10.3. The SMILES string of the molecule is Cc1sccc1C#CCCCCN. The van der Waals surface area contributed by atoms with E-state index in [4.69, 9.17) is 5.73 Å². The Morgan fingerprint density at radius 2 is 2.31 bits per heavy atom. The summed E-state index contributed by atoms with van der Waals surface area (Å²) in [7, 11) is 0. The summed E-state index contributed by atoms with van der Waals surface area (Å²) >= 11 is 1.75. The van der Waals surface area contributed by atoms with Crippen molar-refractivity contribution in [3.8, 4) is 11.8 Å². The van der Waals surface area contributed by atoms with Crippen LogP contribution in [-0.2, 0) is 0 Å². The van der Waals surface area contributed by atoms with Gasteiger partial charge in [-0.25, -0.2) is 0 Å². The third kappa shape index (κ3) is 3.63. The Balaban J connectivity index is 2.35. The highest BCUT2D eigenvalue weighted by atomic mass is 32.1. The number of thiophene rings is 1. The van der Waals surface area contributed by atoms with Crippen molar-refractivity contribution in [3.63, 3.8) is 0 Å². The number of rotatable bonds is 3. The maximum atomic E-state index is 5.38. The molecule has 0 aromatic carbocycles. The van der Waals surface area contributed by atoms with Crippen LogP contribution in [0.4, 0.5) is 0 Å². The first-order valence-corrected chi connectivity index (χ1v) is 5.45. The van der Waals surface area contributed by atoms with E-state index in [1.807, 2.05) is 0 Å². The zero-order valence-electron chi connectivity index (χ0n) is 7.97. The van der Waals surface area contributed by atoms with Gasteiger partial charge in [-0.2, -0.15) is 0 Å². The third-order valence-electron chi connectivity index (χ3n) is 1.84. The van der Waals surface area contributed by atoms with Gasteiger partial charge >= 0.3 is 0 Å². The second-order valence-corrected chi connectivity index (χ2v) is 4.06. The molecule has 70 valence electrons. The second kappa shape index (κ2) is 5.80. The number of nitrogens with two attached hydrogens (primary N) is 1. The first-order chi connectivity index (χ1) is 6.34. The van der Waals surface area contributed by atoms with Gasteiger partial charge in [0.1, 0.15) is 0 Å². The number of unbranched alkanes of at least 4 members (excludes halogenated alkanes) is 2. The quantitative estimate of drug-likeness (QED) is 0.579. The molecule has 1 rings (SSSR count). The Kier molecular flexibility index (Phi) is 4.59. The van der Waals surface area contributed by atoms with E-state index in [-0.39, 0.29) is 0 Å². The van der Waals surface area contributed by atoms with E-state index in [0.29, 0.717) is 0 Å². The molecular weight excluding hydrogens is 178 g/mol. The van der Waals surface area contributed by atoms with Crippen LogP contribution in [-0.4, -0.2) is 6.54 Å². The van der Waals surface area contributed by atoms with Crippen molar-refractivity contribution >= 4 is 11.3 Å². The minimum atomic E-state index is 0.777. The zero-order valence-corrected chi connectivity index (χ0v) is 8.79. The van der Waals surface area contributed by atoms with Gasteiger partial charge in [-0.05, 0) is 37.8 Å². The fourth-order valence-electron chi connectivity index (χ4n) is 1.03. The van der Waals surface area contributed by atoms with Crippen molar-refractivity contribution in [1.82, 2.24) is 0 Å². The topological polar surface area (TPSA) is 26.0 Å². The van der Waals surface area contributed by atoms with Crippen LogP contribution in [0.15, 0.2) is 11.4 Å². The minimum Gasteiger partial charge on any atom is -0.330 e. The van der Waals surface area contributed by atoms with Gasteiger partial charge in [0.25, 0.3) is 0 Å². The normalized spacial score (nSPS) is 9.38. The minimum absolute atomic E-state index is 0.777. The third-order valence-corrected chi connectivity index (χ3v) is 2.68. The van der Waals surface area contributed by atoms with Gasteiger partial charge in [0.2, 0.25) is 0 Å². The van der Waals surface area contributed by atoms with E-state index in [0.717, 1.165) is 25.8 Å². The molecule has 0 atom stereocenters.